The second-order valence-electron chi connectivity index (χ2n) is 8.08. The van der Waals surface area contributed by atoms with Gasteiger partial charge >= 0.3 is 15.6 Å². The summed E-state index contributed by atoms with van der Waals surface area (Å²) in [4.78, 5) is 12.6. The first kappa shape index (κ1) is 24.4. The Labute approximate surface area is 208 Å². The van der Waals surface area contributed by atoms with Crippen molar-refractivity contribution in [1.29, 1.82) is 0 Å². The van der Waals surface area contributed by atoms with Gasteiger partial charge in [0.15, 0.2) is 0 Å². The van der Waals surface area contributed by atoms with E-state index in [0.717, 1.165) is 12.1 Å². The molecule has 188 valence electrons. The molecule has 4 aromatic rings. The summed E-state index contributed by atoms with van der Waals surface area (Å²) in [7, 11) is -5.85. The molecule has 0 spiro atoms. The van der Waals surface area contributed by atoms with E-state index in [1.807, 2.05) is 0 Å². The van der Waals surface area contributed by atoms with Crippen LogP contribution in [0.1, 0.15) is 22.3 Å². The summed E-state index contributed by atoms with van der Waals surface area (Å²) in [6.07, 6.45) is 4.22. The second-order valence-corrected chi connectivity index (χ2v) is 9.62. The number of fused-ring (bicyclic) bond motifs is 1. The number of aliphatic imine (C=N–C) groups is 1. The number of benzene rings is 3. The average Bonchev–Trinajstić information content (AvgIpc) is 3.18. The summed E-state index contributed by atoms with van der Waals surface area (Å²) in [5, 5.41) is 0. The minimum Gasteiger partial charge on any atom is -0.383 e. The minimum atomic E-state index is -5.85. The molecule has 0 radical (unpaired) electrons. The van der Waals surface area contributed by atoms with Crippen LogP contribution in [0.5, 0.6) is 5.75 Å². The molecule has 0 bridgehead atoms. The minimum absolute atomic E-state index is 0.199. The lowest BCUT2D eigenvalue weighted by molar-refractivity contribution is -0.0500. The Morgan fingerprint density at radius 2 is 1.51 bits per heavy atom. The van der Waals surface area contributed by atoms with Crippen LogP contribution < -0.4 is 9.92 Å². The zero-order valence-corrected chi connectivity index (χ0v) is 19.5. The van der Waals surface area contributed by atoms with Crippen molar-refractivity contribution in [2.24, 2.45) is 10.7 Å². The summed E-state index contributed by atoms with van der Waals surface area (Å²) in [6.45, 7) is 0. The number of aromatic nitrogens is 2. The average molecular weight is 528 g/mol. The number of hydrogen-bond acceptors (Lipinski definition) is 7. The molecule has 1 aliphatic heterocycles. The van der Waals surface area contributed by atoms with Gasteiger partial charge in [0, 0.05) is 29.1 Å². The van der Waals surface area contributed by atoms with E-state index in [2.05, 4.69) is 14.2 Å². The van der Waals surface area contributed by atoms with Crippen LogP contribution in [0.25, 0.3) is 11.1 Å². The molecule has 5 rings (SSSR count). The highest BCUT2D eigenvalue weighted by molar-refractivity contribution is 7.88. The second kappa shape index (κ2) is 8.66. The van der Waals surface area contributed by atoms with E-state index in [9.17, 15) is 26.0 Å². The molecule has 2 N–H and O–H groups in total. The predicted octanol–water partition coefficient (Wildman–Crippen LogP) is 4.52. The van der Waals surface area contributed by atoms with E-state index in [0.29, 0.717) is 27.8 Å². The molecular formula is C25H16F4N4O3S. The standard InChI is InChI=1S/C25H16F4N4O3S/c26-22-10-7-17(11-20(22)15-12-31-14-32-13-15)24(21-4-2-1-3-19(21)23(30)33-24)16-5-8-18(9-6-16)36-37(34,35)25(27,28)29/h1-14H,(H2,30,33). The van der Waals surface area contributed by atoms with Gasteiger partial charge in [-0.2, -0.15) is 21.6 Å². The van der Waals surface area contributed by atoms with Crippen LogP contribution in [0.2, 0.25) is 0 Å². The zero-order valence-electron chi connectivity index (χ0n) is 18.6. The van der Waals surface area contributed by atoms with Gasteiger partial charge in [-0.15, -0.1) is 0 Å². The predicted molar refractivity (Wildman–Crippen MR) is 127 cm³/mol. The lowest BCUT2D eigenvalue weighted by Gasteiger charge is -2.30. The van der Waals surface area contributed by atoms with Crippen LogP contribution in [0, 0.1) is 5.82 Å². The topological polar surface area (TPSA) is 108 Å². The Morgan fingerprint density at radius 3 is 2.19 bits per heavy atom. The Bertz CT molecular complexity index is 1630. The lowest BCUT2D eigenvalue weighted by Crippen LogP contribution is -2.28. The molecule has 1 aromatic heterocycles. The lowest BCUT2D eigenvalue weighted by atomic mass is 9.77. The maximum atomic E-state index is 14.9. The molecule has 0 aliphatic carbocycles. The fraction of sp³-hybridized carbons (Fsp3) is 0.0800. The van der Waals surface area contributed by atoms with Gasteiger partial charge in [0.05, 0.1) is 0 Å². The Kier molecular flexibility index (Phi) is 5.71. The van der Waals surface area contributed by atoms with Crippen molar-refractivity contribution >= 4 is 16.0 Å². The van der Waals surface area contributed by atoms with Crippen molar-refractivity contribution in [1.82, 2.24) is 9.97 Å². The van der Waals surface area contributed by atoms with Crippen molar-refractivity contribution in [2.45, 2.75) is 11.0 Å². The maximum Gasteiger partial charge on any atom is 0.534 e. The highest BCUT2D eigenvalue weighted by Gasteiger charge is 2.49. The number of nitrogens with zero attached hydrogens (tertiary/aromatic N) is 3. The molecule has 0 amide bonds. The van der Waals surface area contributed by atoms with Crippen molar-refractivity contribution in [3.8, 4) is 16.9 Å². The van der Waals surface area contributed by atoms with E-state index in [1.165, 1.54) is 43.0 Å². The molecule has 0 saturated heterocycles. The molecule has 0 saturated carbocycles. The van der Waals surface area contributed by atoms with Crippen LogP contribution in [0.15, 0.2) is 90.4 Å². The monoisotopic (exact) mass is 528 g/mol. The van der Waals surface area contributed by atoms with Crippen LogP contribution in [-0.4, -0.2) is 29.7 Å². The Hall–Kier alpha value is -4.32. The summed E-state index contributed by atoms with van der Waals surface area (Å²) in [6, 6.07) is 16.4. The molecule has 3 aromatic carbocycles. The Morgan fingerprint density at radius 1 is 0.865 bits per heavy atom. The van der Waals surface area contributed by atoms with Gasteiger partial charge in [-0.05, 0) is 41.0 Å². The molecule has 2 heterocycles. The Balaban J connectivity index is 1.69. The fourth-order valence-corrected chi connectivity index (χ4v) is 4.72. The van der Waals surface area contributed by atoms with E-state index in [1.54, 1.807) is 30.3 Å². The third-order valence-corrected chi connectivity index (χ3v) is 6.88. The molecule has 12 heteroatoms. The van der Waals surface area contributed by atoms with E-state index in [4.69, 9.17) is 10.7 Å². The normalized spacial score (nSPS) is 17.2. The SMILES string of the molecule is NC1=NC(c2ccc(OS(=O)(=O)C(F)(F)F)cc2)(c2ccc(F)c(-c3cncnc3)c2)c2ccccc21. The van der Waals surface area contributed by atoms with E-state index in [-0.39, 0.29) is 11.4 Å². The molecule has 37 heavy (non-hydrogen) atoms. The smallest absolute Gasteiger partial charge is 0.383 e. The number of hydrogen-bond donors (Lipinski definition) is 1. The maximum absolute atomic E-state index is 14.9. The number of amidine groups is 1. The third kappa shape index (κ3) is 4.08. The highest BCUT2D eigenvalue weighted by atomic mass is 32.2. The van der Waals surface area contributed by atoms with Gasteiger partial charge in [0.1, 0.15) is 29.3 Å². The van der Waals surface area contributed by atoms with Crippen molar-refractivity contribution < 1.29 is 30.2 Å². The molecular weight excluding hydrogens is 512 g/mol. The largest absolute Gasteiger partial charge is 0.534 e. The van der Waals surface area contributed by atoms with E-state index < -0.39 is 32.7 Å². The van der Waals surface area contributed by atoms with Gasteiger partial charge in [0.2, 0.25) is 0 Å². The first-order chi connectivity index (χ1) is 17.5. The number of alkyl halides is 3. The fourth-order valence-electron chi connectivity index (χ4n) is 4.27. The first-order valence-corrected chi connectivity index (χ1v) is 12.1. The van der Waals surface area contributed by atoms with Crippen molar-refractivity contribution in [3.63, 3.8) is 0 Å². The summed E-state index contributed by atoms with van der Waals surface area (Å²) in [5.74, 6) is -0.872. The van der Waals surface area contributed by atoms with Crippen LogP contribution in [-0.2, 0) is 15.7 Å². The van der Waals surface area contributed by atoms with E-state index >= 15 is 0 Å². The van der Waals surface area contributed by atoms with Gasteiger partial charge in [0.25, 0.3) is 0 Å². The summed E-state index contributed by atoms with van der Waals surface area (Å²) in [5.41, 5.74) is 2.17. The van der Waals surface area contributed by atoms with Crippen molar-refractivity contribution in [3.05, 3.63) is 114 Å². The molecule has 7 nitrogen and oxygen atoms in total. The van der Waals surface area contributed by atoms with Gasteiger partial charge < -0.3 is 9.92 Å². The molecule has 1 aliphatic rings. The number of rotatable bonds is 5. The summed E-state index contributed by atoms with van der Waals surface area (Å²) < 4.78 is 80.2. The van der Waals surface area contributed by atoms with Gasteiger partial charge in [-0.1, -0.05) is 42.5 Å². The number of halogens is 4. The molecule has 1 atom stereocenters. The quantitative estimate of drug-likeness (QED) is 0.232. The van der Waals surface area contributed by atoms with Crippen LogP contribution >= 0.6 is 0 Å². The van der Waals surface area contributed by atoms with Crippen LogP contribution in [0.3, 0.4) is 0 Å². The molecule has 1 unspecified atom stereocenters. The zero-order chi connectivity index (χ0) is 26.4. The molecule has 0 fully saturated rings. The number of nitrogens with two attached hydrogens (primary N) is 1. The third-order valence-electron chi connectivity index (χ3n) is 5.90. The van der Waals surface area contributed by atoms with Crippen molar-refractivity contribution in [2.75, 3.05) is 0 Å². The summed E-state index contributed by atoms with van der Waals surface area (Å²) >= 11 is 0. The van der Waals surface area contributed by atoms with Gasteiger partial charge in [-0.3, -0.25) is 0 Å². The first-order valence-electron chi connectivity index (χ1n) is 10.6. The highest BCUT2D eigenvalue weighted by Crippen LogP contribution is 2.47. The van der Waals surface area contributed by atoms with Crippen LogP contribution in [0.4, 0.5) is 17.6 Å². The van der Waals surface area contributed by atoms with Gasteiger partial charge in [-0.25, -0.2) is 19.4 Å².